The molecule has 0 fully saturated rings. The van der Waals surface area contributed by atoms with Gasteiger partial charge in [-0.25, -0.2) is 0 Å². The van der Waals surface area contributed by atoms with Crippen molar-refractivity contribution >= 4 is 35.0 Å². The minimum absolute atomic E-state index is 0.574. The lowest BCUT2D eigenvalue weighted by Crippen LogP contribution is -1.94. The van der Waals surface area contributed by atoms with Crippen LogP contribution in [0.25, 0.3) is 0 Å². The maximum Gasteiger partial charge on any atom is 0.0632 e. The lowest BCUT2D eigenvalue weighted by atomic mass is 10.2. The molecular weight excluding hydrogens is 285 g/mol. The van der Waals surface area contributed by atoms with Crippen LogP contribution in [-0.2, 0) is 12.3 Å². The Morgan fingerprint density at radius 1 is 1.00 bits per heavy atom. The number of halogens is 2. The molecule has 2 N–H and O–H groups in total. The van der Waals surface area contributed by atoms with Crippen molar-refractivity contribution in [3.8, 4) is 0 Å². The summed E-state index contributed by atoms with van der Waals surface area (Å²) in [6.07, 6.45) is 0. The van der Waals surface area contributed by atoms with Crippen LogP contribution in [0.3, 0.4) is 0 Å². The van der Waals surface area contributed by atoms with Gasteiger partial charge in [0.05, 0.1) is 10.0 Å². The first kappa shape index (κ1) is 13.8. The smallest absolute Gasteiger partial charge is 0.0632 e. The number of hydrogen-bond acceptors (Lipinski definition) is 2. The standard InChI is InChI=1S/C14H13Cl2NS/c15-13-3-1-2-11(14(13)16)9-18-12-6-4-10(8-17)5-7-12/h1-7H,8-9,17H2. The maximum atomic E-state index is 6.15. The maximum absolute atomic E-state index is 6.15. The van der Waals surface area contributed by atoms with E-state index in [1.54, 1.807) is 17.8 Å². The molecule has 0 heterocycles. The summed E-state index contributed by atoms with van der Waals surface area (Å²) < 4.78 is 0. The van der Waals surface area contributed by atoms with Gasteiger partial charge < -0.3 is 5.73 Å². The van der Waals surface area contributed by atoms with Crippen molar-refractivity contribution in [1.29, 1.82) is 0 Å². The molecule has 2 rings (SSSR count). The minimum atomic E-state index is 0.574. The largest absolute Gasteiger partial charge is 0.326 e. The van der Waals surface area contributed by atoms with E-state index in [1.165, 1.54) is 4.90 Å². The molecule has 0 atom stereocenters. The van der Waals surface area contributed by atoms with Crippen LogP contribution in [0, 0.1) is 0 Å². The molecule has 0 aliphatic rings. The zero-order chi connectivity index (χ0) is 13.0. The summed E-state index contributed by atoms with van der Waals surface area (Å²) in [6, 6.07) is 14.0. The molecule has 18 heavy (non-hydrogen) atoms. The van der Waals surface area contributed by atoms with Gasteiger partial charge in [-0.3, -0.25) is 0 Å². The second-order valence-corrected chi connectivity index (χ2v) is 5.68. The lowest BCUT2D eigenvalue weighted by molar-refractivity contribution is 1.07. The Morgan fingerprint density at radius 3 is 2.39 bits per heavy atom. The molecule has 2 aromatic rings. The zero-order valence-electron chi connectivity index (χ0n) is 9.70. The summed E-state index contributed by atoms with van der Waals surface area (Å²) in [5.74, 6) is 0.807. The van der Waals surface area contributed by atoms with Gasteiger partial charge >= 0.3 is 0 Å². The zero-order valence-corrected chi connectivity index (χ0v) is 12.0. The molecule has 1 nitrogen and oxygen atoms in total. The average molecular weight is 298 g/mol. The Labute approximate surface area is 121 Å². The molecule has 0 bridgehead atoms. The van der Waals surface area contributed by atoms with Crippen LogP contribution in [-0.4, -0.2) is 0 Å². The van der Waals surface area contributed by atoms with Crippen molar-refractivity contribution in [2.24, 2.45) is 5.73 Å². The quantitative estimate of drug-likeness (QED) is 0.825. The third-order valence-corrected chi connectivity index (χ3v) is 4.50. The second kappa shape index (κ2) is 6.48. The molecule has 0 saturated carbocycles. The Bertz CT molecular complexity index is 526. The summed E-state index contributed by atoms with van der Waals surface area (Å²) in [7, 11) is 0. The van der Waals surface area contributed by atoms with Gasteiger partial charge in [0.25, 0.3) is 0 Å². The molecule has 0 aliphatic carbocycles. The molecule has 2 aromatic carbocycles. The molecular formula is C14H13Cl2NS. The van der Waals surface area contributed by atoms with Crippen molar-refractivity contribution in [3.05, 3.63) is 63.6 Å². The van der Waals surface area contributed by atoms with Gasteiger partial charge in [0.1, 0.15) is 0 Å². The van der Waals surface area contributed by atoms with Crippen LogP contribution >= 0.6 is 35.0 Å². The first-order valence-corrected chi connectivity index (χ1v) is 7.29. The summed E-state index contributed by atoms with van der Waals surface area (Å²) >= 11 is 13.9. The Balaban J connectivity index is 2.04. The van der Waals surface area contributed by atoms with E-state index in [9.17, 15) is 0 Å². The van der Waals surface area contributed by atoms with Gasteiger partial charge in [0, 0.05) is 17.2 Å². The number of rotatable bonds is 4. The van der Waals surface area contributed by atoms with Crippen LogP contribution in [0.5, 0.6) is 0 Å². The Hall–Kier alpha value is -0.670. The van der Waals surface area contributed by atoms with E-state index in [0.717, 1.165) is 16.9 Å². The van der Waals surface area contributed by atoms with Crippen molar-refractivity contribution in [1.82, 2.24) is 0 Å². The first-order chi connectivity index (χ1) is 8.70. The fourth-order valence-corrected chi connectivity index (χ4v) is 2.90. The van der Waals surface area contributed by atoms with Gasteiger partial charge in [0.15, 0.2) is 0 Å². The van der Waals surface area contributed by atoms with Crippen LogP contribution in [0.2, 0.25) is 10.0 Å². The van der Waals surface area contributed by atoms with E-state index < -0.39 is 0 Å². The van der Waals surface area contributed by atoms with Crippen LogP contribution in [0.15, 0.2) is 47.4 Å². The van der Waals surface area contributed by atoms with E-state index in [4.69, 9.17) is 28.9 Å². The van der Waals surface area contributed by atoms with E-state index in [1.807, 2.05) is 24.3 Å². The predicted octanol–water partition coefficient (Wildman–Crippen LogP) is 4.74. The molecule has 0 unspecified atom stereocenters. The molecule has 0 aliphatic heterocycles. The summed E-state index contributed by atoms with van der Waals surface area (Å²) in [6.45, 7) is 0.574. The van der Waals surface area contributed by atoms with E-state index in [0.29, 0.717) is 16.6 Å². The summed E-state index contributed by atoms with van der Waals surface area (Å²) in [5, 5.41) is 1.25. The molecule has 0 saturated heterocycles. The summed E-state index contributed by atoms with van der Waals surface area (Å²) in [4.78, 5) is 1.20. The third kappa shape index (κ3) is 3.42. The van der Waals surface area contributed by atoms with Crippen LogP contribution in [0.1, 0.15) is 11.1 Å². The highest BCUT2D eigenvalue weighted by Gasteiger charge is 2.04. The van der Waals surface area contributed by atoms with E-state index in [2.05, 4.69) is 12.1 Å². The van der Waals surface area contributed by atoms with Gasteiger partial charge in [0.2, 0.25) is 0 Å². The van der Waals surface area contributed by atoms with Crippen molar-refractivity contribution in [3.63, 3.8) is 0 Å². The molecule has 0 radical (unpaired) electrons. The van der Waals surface area contributed by atoms with Crippen molar-refractivity contribution in [2.45, 2.75) is 17.2 Å². The molecule has 4 heteroatoms. The molecule has 0 amide bonds. The molecule has 0 spiro atoms. The average Bonchev–Trinajstić information content (AvgIpc) is 2.41. The fourth-order valence-electron chi connectivity index (χ4n) is 1.54. The van der Waals surface area contributed by atoms with Crippen LogP contribution in [0.4, 0.5) is 0 Å². The van der Waals surface area contributed by atoms with Gasteiger partial charge in [-0.2, -0.15) is 0 Å². The number of thioether (sulfide) groups is 1. The SMILES string of the molecule is NCc1ccc(SCc2cccc(Cl)c2Cl)cc1. The minimum Gasteiger partial charge on any atom is -0.326 e. The highest BCUT2D eigenvalue weighted by Crippen LogP contribution is 2.31. The highest BCUT2D eigenvalue weighted by molar-refractivity contribution is 7.98. The highest BCUT2D eigenvalue weighted by atomic mass is 35.5. The van der Waals surface area contributed by atoms with E-state index in [-0.39, 0.29) is 0 Å². The van der Waals surface area contributed by atoms with Gasteiger partial charge in [-0.15, -0.1) is 11.8 Å². The van der Waals surface area contributed by atoms with Crippen molar-refractivity contribution < 1.29 is 0 Å². The number of hydrogen-bond donors (Lipinski definition) is 1. The summed E-state index contributed by atoms with van der Waals surface area (Å²) in [5.41, 5.74) is 7.75. The second-order valence-electron chi connectivity index (χ2n) is 3.85. The third-order valence-electron chi connectivity index (χ3n) is 2.58. The lowest BCUT2D eigenvalue weighted by Gasteiger charge is -2.06. The van der Waals surface area contributed by atoms with E-state index >= 15 is 0 Å². The number of benzene rings is 2. The topological polar surface area (TPSA) is 26.0 Å². The van der Waals surface area contributed by atoms with Gasteiger partial charge in [-0.05, 0) is 29.3 Å². The monoisotopic (exact) mass is 297 g/mol. The Kier molecular flexibility index (Phi) is 4.95. The molecule has 94 valence electrons. The number of nitrogens with two attached hydrogens (primary N) is 1. The normalized spacial score (nSPS) is 10.6. The van der Waals surface area contributed by atoms with Gasteiger partial charge in [-0.1, -0.05) is 47.5 Å². The Morgan fingerprint density at radius 2 is 1.72 bits per heavy atom. The van der Waals surface area contributed by atoms with Crippen LogP contribution < -0.4 is 5.73 Å². The first-order valence-electron chi connectivity index (χ1n) is 5.55. The molecule has 0 aromatic heterocycles. The fraction of sp³-hybridized carbons (Fsp3) is 0.143. The van der Waals surface area contributed by atoms with Crippen molar-refractivity contribution in [2.75, 3.05) is 0 Å². The predicted molar refractivity (Wildman–Crippen MR) is 80.4 cm³/mol.